The van der Waals surface area contributed by atoms with E-state index in [0.29, 0.717) is 24.5 Å². The number of likely N-dealkylation sites (N-methyl/N-ethyl adjacent to an activating group) is 1. The molecule has 0 aromatic heterocycles. The normalized spacial score (nSPS) is 17.4. The quantitative estimate of drug-likeness (QED) is 0.873. The van der Waals surface area contributed by atoms with Gasteiger partial charge >= 0.3 is 0 Å². The Morgan fingerprint density at radius 1 is 1.41 bits per heavy atom. The molecule has 1 aromatic rings. The van der Waals surface area contributed by atoms with Crippen LogP contribution in [0, 0.1) is 6.92 Å². The molecule has 6 heteroatoms. The van der Waals surface area contributed by atoms with Crippen molar-refractivity contribution in [2.24, 2.45) is 0 Å². The number of carbonyl (C=O) groups is 2. The van der Waals surface area contributed by atoms with Gasteiger partial charge in [-0.3, -0.25) is 9.59 Å². The van der Waals surface area contributed by atoms with Crippen molar-refractivity contribution in [2.75, 3.05) is 25.5 Å². The van der Waals surface area contributed by atoms with Gasteiger partial charge in [0, 0.05) is 37.3 Å². The molecule has 22 heavy (non-hydrogen) atoms. The van der Waals surface area contributed by atoms with Crippen molar-refractivity contribution in [3.63, 3.8) is 0 Å². The number of anilines is 1. The molecule has 1 fully saturated rings. The molecule has 2 rings (SSSR count). The van der Waals surface area contributed by atoms with E-state index < -0.39 is 0 Å². The minimum absolute atomic E-state index is 0.0109. The van der Waals surface area contributed by atoms with Gasteiger partial charge in [-0.25, -0.2) is 0 Å². The lowest BCUT2D eigenvalue weighted by Crippen LogP contribution is -2.45. The maximum atomic E-state index is 12.3. The Morgan fingerprint density at radius 2 is 2.18 bits per heavy atom. The molecule has 0 bridgehead atoms. The maximum Gasteiger partial charge on any atom is 0.242 e. The highest BCUT2D eigenvalue weighted by molar-refractivity contribution is 6.31. The first kappa shape index (κ1) is 16.6. The molecule has 0 radical (unpaired) electrons. The first-order valence-corrected chi connectivity index (χ1v) is 7.92. The Labute approximate surface area is 136 Å². The van der Waals surface area contributed by atoms with Crippen LogP contribution in [0.4, 0.5) is 5.69 Å². The average molecular weight is 324 g/mol. The molecule has 1 aromatic carbocycles. The van der Waals surface area contributed by atoms with Gasteiger partial charge in [-0.2, -0.15) is 0 Å². The molecule has 1 saturated heterocycles. The van der Waals surface area contributed by atoms with Gasteiger partial charge in [-0.15, -0.1) is 0 Å². The predicted molar refractivity (Wildman–Crippen MR) is 88.1 cm³/mol. The number of nitrogens with zero attached hydrogens (tertiary/aromatic N) is 1. The molecular formula is C16H22ClN3O2. The van der Waals surface area contributed by atoms with E-state index in [1.54, 1.807) is 11.9 Å². The summed E-state index contributed by atoms with van der Waals surface area (Å²) in [6.07, 6.45) is 1.98. The number of halogens is 1. The zero-order chi connectivity index (χ0) is 16.1. The first-order valence-electron chi connectivity index (χ1n) is 7.54. The highest BCUT2D eigenvalue weighted by Gasteiger charge is 2.32. The number of carbonyl (C=O) groups excluding carboxylic acids is 2. The van der Waals surface area contributed by atoms with Crippen LogP contribution < -0.4 is 10.6 Å². The standard InChI is InChI=1S/C16H22ClN3O2/c1-11-5-6-12(10-13(11)17)19-8-7-15(21)20-9-3-4-14(20)16(22)18-2/h5-6,10,14,19H,3-4,7-9H2,1-2H3,(H,18,22)/t14-/m1/s1. The Bertz CT molecular complexity index is 562. The Morgan fingerprint density at radius 3 is 2.86 bits per heavy atom. The van der Waals surface area contributed by atoms with Crippen LogP contribution >= 0.6 is 11.6 Å². The number of rotatable bonds is 5. The fraction of sp³-hybridized carbons (Fsp3) is 0.500. The predicted octanol–water partition coefficient (Wildman–Crippen LogP) is 2.19. The highest BCUT2D eigenvalue weighted by atomic mass is 35.5. The number of amides is 2. The minimum atomic E-state index is -0.314. The number of aryl methyl sites for hydroxylation is 1. The molecule has 2 N–H and O–H groups in total. The summed E-state index contributed by atoms with van der Waals surface area (Å²) in [4.78, 5) is 25.7. The summed E-state index contributed by atoms with van der Waals surface area (Å²) in [5.74, 6) is -0.0686. The minimum Gasteiger partial charge on any atom is -0.384 e. The van der Waals surface area contributed by atoms with Crippen molar-refractivity contribution < 1.29 is 9.59 Å². The van der Waals surface area contributed by atoms with Gasteiger partial charge in [0.2, 0.25) is 11.8 Å². The molecule has 2 amide bonds. The second-order valence-electron chi connectivity index (χ2n) is 5.50. The zero-order valence-corrected chi connectivity index (χ0v) is 13.7. The van der Waals surface area contributed by atoms with Gasteiger partial charge in [0.25, 0.3) is 0 Å². The lowest BCUT2D eigenvalue weighted by molar-refractivity contribution is -0.138. The van der Waals surface area contributed by atoms with Gasteiger partial charge in [0.05, 0.1) is 0 Å². The molecule has 1 heterocycles. The topological polar surface area (TPSA) is 61.4 Å². The van der Waals surface area contributed by atoms with Crippen LogP contribution in [0.5, 0.6) is 0 Å². The van der Waals surface area contributed by atoms with Crippen LogP contribution in [0.3, 0.4) is 0 Å². The zero-order valence-electron chi connectivity index (χ0n) is 13.0. The molecule has 0 unspecified atom stereocenters. The monoisotopic (exact) mass is 323 g/mol. The molecule has 0 spiro atoms. The van der Waals surface area contributed by atoms with E-state index in [4.69, 9.17) is 11.6 Å². The SMILES string of the molecule is CNC(=O)[C@H]1CCCN1C(=O)CCNc1ccc(C)c(Cl)c1. The van der Waals surface area contributed by atoms with Gasteiger partial charge < -0.3 is 15.5 Å². The summed E-state index contributed by atoms with van der Waals surface area (Å²) in [5.41, 5.74) is 1.92. The van der Waals surface area contributed by atoms with Crippen LogP contribution in [-0.2, 0) is 9.59 Å². The molecule has 1 aliphatic rings. The van der Waals surface area contributed by atoms with Crippen LogP contribution in [-0.4, -0.2) is 42.9 Å². The summed E-state index contributed by atoms with van der Waals surface area (Å²) >= 11 is 6.07. The summed E-state index contributed by atoms with van der Waals surface area (Å²) < 4.78 is 0. The van der Waals surface area contributed by atoms with E-state index >= 15 is 0 Å². The smallest absolute Gasteiger partial charge is 0.242 e. The molecule has 1 aliphatic heterocycles. The Hall–Kier alpha value is -1.75. The third-order valence-corrected chi connectivity index (χ3v) is 4.37. The number of hydrogen-bond acceptors (Lipinski definition) is 3. The van der Waals surface area contributed by atoms with E-state index in [9.17, 15) is 9.59 Å². The van der Waals surface area contributed by atoms with Crippen LogP contribution in [0.25, 0.3) is 0 Å². The molecule has 5 nitrogen and oxygen atoms in total. The third-order valence-electron chi connectivity index (χ3n) is 3.96. The van der Waals surface area contributed by atoms with Crippen molar-refractivity contribution in [2.45, 2.75) is 32.2 Å². The van der Waals surface area contributed by atoms with Crippen molar-refractivity contribution in [3.8, 4) is 0 Å². The van der Waals surface area contributed by atoms with Crippen molar-refractivity contribution >= 4 is 29.1 Å². The first-order chi connectivity index (χ1) is 10.5. The average Bonchev–Trinajstić information content (AvgIpc) is 2.99. The summed E-state index contributed by atoms with van der Waals surface area (Å²) in [6, 6.07) is 5.42. The number of benzene rings is 1. The fourth-order valence-corrected chi connectivity index (χ4v) is 2.85. The van der Waals surface area contributed by atoms with Crippen molar-refractivity contribution in [3.05, 3.63) is 28.8 Å². The second-order valence-corrected chi connectivity index (χ2v) is 5.91. The largest absolute Gasteiger partial charge is 0.384 e. The number of likely N-dealkylation sites (tertiary alicyclic amines) is 1. The van der Waals surface area contributed by atoms with Crippen LogP contribution in [0.1, 0.15) is 24.8 Å². The van der Waals surface area contributed by atoms with E-state index in [1.165, 1.54) is 0 Å². The van der Waals surface area contributed by atoms with Gasteiger partial charge in [0.1, 0.15) is 6.04 Å². The van der Waals surface area contributed by atoms with E-state index in [-0.39, 0.29) is 17.9 Å². The van der Waals surface area contributed by atoms with Gasteiger partial charge in [-0.1, -0.05) is 17.7 Å². The van der Waals surface area contributed by atoms with Crippen LogP contribution in [0.2, 0.25) is 5.02 Å². The summed E-state index contributed by atoms with van der Waals surface area (Å²) in [5, 5.41) is 6.52. The summed E-state index contributed by atoms with van der Waals surface area (Å²) in [6.45, 7) is 3.13. The van der Waals surface area contributed by atoms with Gasteiger partial charge in [0.15, 0.2) is 0 Å². The Kier molecular flexibility index (Phi) is 5.66. The summed E-state index contributed by atoms with van der Waals surface area (Å²) in [7, 11) is 1.60. The number of hydrogen-bond donors (Lipinski definition) is 2. The molecule has 0 saturated carbocycles. The van der Waals surface area contributed by atoms with Crippen molar-refractivity contribution in [1.29, 1.82) is 0 Å². The number of nitrogens with one attached hydrogen (secondary N) is 2. The molecule has 1 atom stereocenters. The van der Waals surface area contributed by atoms with E-state index in [0.717, 1.165) is 24.1 Å². The van der Waals surface area contributed by atoms with Crippen LogP contribution in [0.15, 0.2) is 18.2 Å². The lowest BCUT2D eigenvalue weighted by Gasteiger charge is -2.23. The van der Waals surface area contributed by atoms with E-state index in [1.807, 2.05) is 25.1 Å². The second kappa shape index (κ2) is 7.49. The van der Waals surface area contributed by atoms with Crippen molar-refractivity contribution in [1.82, 2.24) is 10.2 Å². The van der Waals surface area contributed by atoms with Gasteiger partial charge in [-0.05, 0) is 37.5 Å². The third kappa shape index (κ3) is 3.91. The highest BCUT2D eigenvalue weighted by Crippen LogP contribution is 2.21. The molecular weight excluding hydrogens is 302 g/mol. The molecule has 120 valence electrons. The Balaban J connectivity index is 1.84. The fourth-order valence-electron chi connectivity index (χ4n) is 2.66. The van der Waals surface area contributed by atoms with E-state index in [2.05, 4.69) is 10.6 Å². The maximum absolute atomic E-state index is 12.3. The lowest BCUT2D eigenvalue weighted by atomic mass is 10.2. The molecule has 0 aliphatic carbocycles.